The summed E-state index contributed by atoms with van der Waals surface area (Å²) >= 11 is 0. The lowest BCUT2D eigenvalue weighted by molar-refractivity contribution is -0.149. The molecular formula is C21H34O6Si. The number of carboxylic acid groups (broad SMARTS) is 1. The molecule has 0 radical (unpaired) electrons. The zero-order valence-electron chi connectivity index (χ0n) is 18.3. The van der Waals surface area contributed by atoms with Crippen LogP contribution in [0.5, 0.6) is 11.5 Å². The molecule has 0 saturated heterocycles. The van der Waals surface area contributed by atoms with Crippen molar-refractivity contribution in [1.29, 1.82) is 0 Å². The molecule has 0 spiro atoms. The van der Waals surface area contributed by atoms with Crippen LogP contribution in [0.4, 0.5) is 0 Å². The van der Waals surface area contributed by atoms with Crippen LogP contribution in [0.25, 0.3) is 0 Å². The third-order valence-electron chi connectivity index (χ3n) is 5.18. The highest BCUT2D eigenvalue weighted by molar-refractivity contribution is 6.74. The average Bonchev–Trinajstić information content (AvgIpc) is 2.57. The Morgan fingerprint density at radius 2 is 1.89 bits per heavy atom. The van der Waals surface area contributed by atoms with E-state index in [9.17, 15) is 14.7 Å². The van der Waals surface area contributed by atoms with Gasteiger partial charge < -0.3 is 19.0 Å². The Morgan fingerprint density at radius 1 is 1.29 bits per heavy atom. The van der Waals surface area contributed by atoms with Crippen LogP contribution < -0.4 is 9.47 Å². The van der Waals surface area contributed by atoms with E-state index in [1.165, 1.54) is 0 Å². The van der Waals surface area contributed by atoms with Gasteiger partial charge in [-0.1, -0.05) is 27.7 Å². The van der Waals surface area contributed by atoms with Crippen LogP contribution in [0.1, 0.15) is 57.0 Å². The number of carboxylic acids is 1. The summed E-state index contributed by atoms with van der Waals surface area (Å²) < 4.78 is 17.8. The number of carbonyl (C=O) groups excluding carboxylic acids is 1. The summed E-state index contributed by atoms with van der Waals surface area (Å²) in [5.41, 5.74) is 0.885. The normalized spacial score (nSPS) is 14.3. The SMILES string of the molecule is CCCOc1ccc(C=O)c(OC(C(=O)O)[C@@H](C)O[Si](C)(C)C(C)(C)C)c1C. The van der Waals surface area contributed by atoms with Gasteiger partial charge in [0.25, 0.3) is 0 Å². The van der Waals surface area contributed by atoms with Crippen molar-refractivity contribution in [3.8, 4) is 11.5 Å². The Kier molecular flexibility index (Phi) is 8.25. The molecular weight excluding hydrogens is 376 g/mol. The zero-order chi connectivity index (χ0) is 21.7. The number of aliphatic carboxylic acids is 1. The van der Waals surface area contributed by atoms with Crippen LogP contribution in [0, 0.1) is 6.92 Å². The van der Waals surface area contributed by atoms with Crippen LogP contribution in [-0.4, -0.2) is 44.5 Å². The first-order chi connectivity index (χ1) is 12.9. The van der Waals surface area contributed by atoms with E-state index < -0.39 is 26.5 Å². The second-order valence-electron chi connectivity index (χ2n) is 8.53. The second kappa shape index (κ2) is 9.56. The number of hydrogen-bond donors (Lipinski definition) is 1. The predicted molar refractivity (Wildman–Crippen MR) is 112 cm³/mol. The quantitative estimate of drug-likeness (QED) is 0.439. The van der Waals surface area contributed by atoms with Crippen LogP contribution in [-0.2, 0) is 9.22 Å². The molecule has 0 aliphatic heterocycles. The molecule has 0 saturated carbocycles. The zero-order valence-corrected chi connectivity index (χ0v) is 19.3. The van der Waals surface area contributed by atoms with Crippen molar-refractivity contribution in [2.75, 3.05) is 6.61 Å². The molecule has 0 fully saturated rings. The lowest BCUT2D eigenvalue weighted by Gasteiger charge is -2.39. The van der Waals surface area contributed by atoms with E-state index in [2.05, 4.69) is 33.9 Å². The molecule has 28 heavy (non-hydrogen) atoms. The molecule has 0 aliphatic carbocycles. The van der Waals surface area contributed by atoms with Crippen molar-refractivity contribution >= 4 is 20.6 Å². The van der Waals surface area contributed by atoms with E-state index in [0.717, 1.165) is 6.42 Å². The molecule has 2 atom stereocenters. The van der Waals surface area contributed by atoms with Crippen molar-refractivity contribution in [2.24, 2.45) is 0 Å². The van der Waals surface area contributed by atoms with Gasteiger partial charge in [-0.15, -0.1) is 0 Å². The lowest BCUT2D eigenvalue weighted by Crippen LogP contribution is -2.49. The smallest absolute Gasteiger partial charge is 0.347 e. The Hall–Kier alpha value is -1.86. The van der Waals surface area contributed by atoms with Crippen LogP contribution in [0.3, 0.4) is 0 Å². The van der Waals surface area contributed by atoms with Gasteiger partial charge >= 0.3 is 5.97 Å². The maximum Gasteiger partial charge on any atom is 0.347 e. The van der Waals surface area contributed by atoms with Gasteiger partial charge in [-0.3, -0.25) is 4.79 Å². The monoisotopic (exact) mass is 410 g/mol. The first-order valence-corrected chi connectivity index (χ1v) is 12.5. The molecule has 0 bridgehead atoms. The fourth-order valence-electron chi connectivity index (χ4n) is 2.49. The van der Waals surface area contributed by atoms with E-state index in [1.54, 1.807) is 26.0 Å². The molecule has 1 unspecified atom stereocenters. The van der Waals surface area contributed by atoms with Crippen molar-refractivity contribution in [1.82, 2.24) is 0 Å². The van der Waals surface area contributed by atoms with E-state index in [0.29, 0.717) is 24.2 Å². The first kappa shape index (κ1) is 24.2. The van der Waals surface area contributed by atoms with Crippen LogP contribution in [0.15, 0.2) is 12.1 Å². The molecule has 1 N–H and O–H groups in total. The highest BCUT2D eigenvalue weighted by Crippen LogP contribution is 2.38. The maximum atomic E-state index is 11.9. The third-order valence-corrected chi connectivity index (χ3v) is 9.75. The summed E-state index contributed by atoms with van der Waals surface area (Å²) in [4.78, 5) is 23.4. The predicted octanol–water partition coefficient (Wildman–Crippen LogP) is 4.84. The molecule has 0 heterocycles. The third kappa shape index (κ3) is 5.82. The van der Waals surface area contributed by atoms with Crippen molar-refractivity contribution in [3.05, 3.63) is 23.3 Å². The summed E-state index contributed by atoms with van der Waals surface area (Å²) in [6.07, 6.45) is -0.435. The van der Waals surface area contributed by atoms with Gasteiger partial charge in [0, 0.05) is 5.56 Å². The minimum atomic E-state index is -2.20. The molecule has 1 rings (SSSR count). The minimum Gasteiger partial charge on any atom is -0.493 e. The van der Waals surface area contributed by atoms with E-state index in [4.69, 9.17) is 13.9 Å². The molecule has 0 aliphatic rings. The molecule has 0 amide bonds. The van der Waals surface area contributed by atoms with Crippen LogP contribution in [0.2, 0.25) is 18.1 Å². The van der Waals surface area contributed by atoms with Gasteiger partial charge in [0.15, 0.2) is 14.6 Å². The topological polar surface area (TPSA) is 82.1 Å². The summed E-state index contributed by atoms with van der Waals surface area (Å²) in [6.45, 7) is 16.4. The Morgan fingerprint density at radius 3 is 2.36 bits per heavy atom. The number of aldehydes is 1. The maximum absolute atomic E-state index is 11.9. The number of carbonyl (C=O) groups is 2. The van der Waals surface area contributed by atoms with Gasteiger partial charge in [-0.2, -0.15) is 0 Å². The van der Waals surface area contributed by atoms with Crippen LogP contribution >= 0.6 is 0 Å². The molecule has 6 nitrogen and oxygen atoms in total. The standard InChI is InChI=1S/C21H34O6Si/c1-9-12-25-17-11-10-16(13-22)18(14(17)2)26-19(20(23)24)15(3)27-28(7,8)21(4,5)6/h10-11,13,15,19H,9,12H2,1-8H3,(H,23,24)/t15-,19?/m1/s1. The number of rotatable bonds is 10. The lowest BCUT2D eigenvalue weighted by atomic mass is 10.1. The molecule has 7 heteroatoms. The van der Waals surface area contributed by atoms with Gasteiger partial charge in [0.2, 0.25) is 6.10 Å². The minimum absolute atomic E-state index is 0.0674. The number of hydrogen-bond acceptors (Lipinski definition) is 5. The van der Waals surface area contributed by atoms with E-state index in [1.807, 2.05) is 6.92 Å². The highest BCUT2D eigenvalue weighted by atomic mass is 28.4. The van der Waals surface area contributed by atoms with Gasteiger partial charge in [0.05, 0.1) is 18.3 Å². The fraction of sp³-hybridized carbons (Fsp3) is 0.619. The van der Waals surface area contributed by atoms with Crippen molar-refractivity contribution in [3.63, 3.8) is 0 Å². The van der Waals surface area contributed by atoms with E-state index in [-0.39, 0.29) is 16.4 Å². The summed E-state index contributed by atoms with van der Waals surface area (Å²) in [7, 11) is -2.20. The average molecular weight is 411 g/mol. The Balaban J connectivity index is 3.22. The summed E-state index contributed by atoms with van der Waals surface area (Å²) in [5.74, 6) is -0.339. The van der Waals surface area contributed by atoms with Gasteiger partial charge in [0.1, 0.15) is 11.5 Å². The van der Waals surface area contributed by atoms with Gasteiger partial charge in [-0.25, -0.2) is 4.79 Å². The van der Waals surface area contributed by atoms with Crippen molar-refractivity contribution < 1.29 is 28.6 Å². The molecule has 1 aromatic rings. The molecule has 1 aromatic carbocycles. The first-order valence-electron chi connectivity index (χ1n) is 9.64. The molecule has 158 valence electrons. The summed E-state index contributed by atoms with van der Waals surface area (Å²) in [5, 5.41) is 9.69. The van der Waals surface area contributed by atoms with E-state index >= 15 is 0 Å². The second-order valence-corrected chi connectivity index (χ2v) is 13.3. The number of benzene rings is 1. The fourth-order valence-corrected chi connectivity index (χ4v) is 3.90. The summed E-state index contributed by atoms with van der Waals surface area (Å²) in [6, 6.07) is 3.28. The Bertz CT molecular complexity index is 693. The largest absolute Gasteiger partial charge is 0.493 e. The Labute approximate surface area is 169 Å². The van der Waals surface area contributed by atoms with Gasteiger partial charge in [-0.05, 0) is 50.5 Å². The molecule has 0 aromatic heterocycles. The van der Waals surface area contributed by atoms with Crippen molar-refractivity contribution in [2.45, 2.75) is 78.3 Å². The highest BCUT2D eigenvalue weighted by Gasteiger charge is 2.41. The number of ether oxygens (including phenoxy) is 2.